The molecule has 44 radical (unpaired) electrons. The second-order valence-electron chi connectivity index (χ2n) is 17.6. The number of thiophene rings is 3. The van der Waals surface area contributed by atoms with Crippen molar-refractivity contribution in [2.24, 2.45) is 0 Å². The second-order valence-corrected chi connectivity index (χ2v) is 20.6. The molecule has 0 atom stereocenters. The molecule has 73 heavy (non-hydrogen) atoms. The SMILES string of the molecule is [B]c1c([B])c(-c2cccc3c2sc2c(-c4c([B])c([B])c([B])c(-c5c([B])c([B])c([B])c6c5sc5c([B])c([B])c([B])c([B])c56)c4[B])ncnc23)c([B])c(-c2c([B])c([B])c([B])c3c2sc2c([B])c([B])c([B])c([B])c23)c1[B]. The largest absolute Gasteiger partial charge is 0.235 e. The zero-order valence-electron chi connectivity index (χ0n) is 38.1. The second kappa shape index (κ2) is 17.6. The van der Waals surface area contributed by atoms with Gasteiger partial charge in [0.05, 0.1) is 15.9 Å². The van der Waals surface area contributed by atoms with Crippen molar-refractivity contribution in [3.05, 3.63) is 24.5 Å². The zero-order valence-corrected chi connectivity index (χ0v) is 40.6. The van der Waals surface area contributed by atoms with E-state index in [1.807, 2.05) is 18.2 Å². The lowest BCUT2D eigenvalue weighted by Crippen LogP contribution is -2.48. The Bertz CT molecular complexity index is 4150. The van der Waals surface area contributed by atoms with Gasteiger partial charge in [0.2, 0.25) is 0 Å². The molecule has 0 aliphatic rings. The molecule has 4 aromatic heterocycles. The van der Waals surface area contributed by atoms with E-state index in [0.29, 0.717) is 83.0 Å². The molecule has 11 aromatic rings. The smallest absolute Gasteiger partial charge is 0.116 e. The first-order chi connectivity index (χ1) is 34.5. The molecular formula is C46H4B22N2S3. The fraction of sp³-hybridized carbons (Fsp3) is 0. The molecule has 0 unspecified atom stereocenters. The Morgan fingerprint density at radius 1 is 0.260 bits per heavy atom. The van der Waals surface area contributed by atoms with Crippen molar-refractivity contribution in [1.82, 2.24) is 9.97 Å². The van der Waals surface area contributed by atoms with E-state index in [4.69, 9.17) is 183 Å². The van der Waals surface area contributed by atoms with Crippen LogP contribution in [0.2, 0.25) is 0 Å². The van der Waals surface area contributed by atoms with E-state index in [1.165, 1.54) is 40.3 Å². The van der Waals surface area contributed by atoms with Crippen LogP contribution in [0.15, 0.2) is 24.5 Å². The van der Waals surface area contributed by atoms with Crippen molar-refractivity contribution in [3.8, 4) is 44.6 Å². The van der Waals surface area contributed by atoms with Gasteiger partial charge in [-0.05, 0) is 60.5 Å². The summed E-state index contributed by atoms with van der Waals surface area (Å²) in [5, 5.41) is 2.33. The van der Waals surface area contributed by atoms with Gasteiger partial charge >= 0.3 is 0 Å². The maximum absolute atomic E-state index is 7.28. The first kappa shape index (κ1) is 50.8. The third kappa shape index (κ3) is 6.78. The van der Waals surface area contributed by atoms with Crippen LogP contribution in [0.25, 0.3) is 105 Å². The lowest BCUT2D eigenvalue weighted by atomic mass is 9.59. The molecular weight excluding hydrogens is 915 g/mol. The summed E-state index contributed by atoms with van der Waals surface area (Å²) in [6.45, 7) is 0. The van der Waals surface area contributed by atoms with E-state index in [1.54, 1.807) is 0 Å². The van der Waals surface area contributed by atoms with Crippen LogP contribution >= 0.6 is 34.0 Å². The van der Waals surface area contributed by atoms with E-state index < -0.39 is 0 Å². The summed E-state index contributed by atoms with van der Waals surface area (Å²) in [6.07, 6.45) is 1.37. The van der Waals surface area contributed by atoms with Crippen LogP contribution in [0.4, 0.5) is 0 Å². The Labute approximate surface area is 462 Å². The van der Waals surface area contributed by atoms with Crippen molar-refractivity contribution < 1.29 is 0 Å². The first-order valence-corrected chi connectivity index (χ1v) is 24.0. The van der Waals surface area contributed by atoms with Gasteiger partial charge in [-0.15, -0.1) is 77.7 Å². The predicted molar refractivity (Wildman–Crippen MR) is 341 cm³/mol. The Morgan fingerprint density at radius 2 is 0.603 bits per heavy atom. The molecule has 4 heterocycles. The van der Waals surface area contributed by atoms with Crippen molar-refractivity contribution in [2.75, 3.05) is 0 Å². The zero-order chi connectivity index (χ0) is 52.6. The minimum absolute atomic E-state index is 0.00316. The van der Waals surface area contributed by atoms with Crippen molar-refractivity contribution in [3.63, 3.8) is 0 Å². The first-order valence-electron chi connectivity index (χ1n) is 21.5. The van der Waals surface area contributed by atoms with Crippen LogP contribution in [0, 0.1) is 0 Å². The number of aromatic nitrogens is 2. The van der Waals surface area contributed by atoms with Crippen molar-refractivity contribution in [2.45, 2.75) is 0 Å². The average Bonchev–Trinajstić information content (AvgIpc) is 4.09. The fourth-order valence-corrected chi connectivity index (χ4v) is 14.0. The molecule has 0 saturated heterocycles. The van der Waals surface area contributed by atoms with Gasteiger partial charge in [0.15, 0.2) is 0 Å². The maximum atomic E-state index is 7.28. The van der Waals surface area contributed by atoms with E-state index >= 15 is 0 Å². The van der Waals surface area contributed by atoms with Gasteiger partial charge in [0, 0.05) is 28.9 Å². The third-order valence-corrected chi connectivity index (χ3v) is 17.6. The number of fused-ring (bicyclic) bond motifs is 9. The molecule has 11 rings (SSSR count). The Balaban J connectivity index is 1.18. The van der Waals surface area contributed by atoms with Crippen LogP contribution in [-0.4, -0.2) is 183 Å². The summed E-state index contributed by atoms with van der Waals surface area (Å²) in [7, 11) is 148. The Hall–Kier alpha value is -4.29. The fourth-order valence-electron chi connectivity index (χ4n) is 10.0. The molecule has 0 amide bonds. The highest BCUT2D eigenvalue weighted by Gasteiger charge is 2.29. The van der Waals surface area contributed by atoms with Crippen LogP contribution in [0.3, 0.4) is 0 Å². The van der Waals surface area contributed by atoms with Crippen LogP contribution < -0.4 is 120 Å². The Morgan fingerprint density at radius 3 is 1.07 bits per heavy atom. The molecule has 0 saturated carbocycles. The minimum atomic E-state index is -0.0256. The number of hydrogen-bond acceptors (Lipinski definition) is 5. The van der Waals surface area contributed by atoms with Crippen molar-refractivity contribution >= 4 is 387 Å². The number of nitrogens with zero attached hydrogens (tertiary/aromatic N) is 2. The number of rotatable bonds is 4. The average molecular weight is 919 g/mol. The minimum Gasteiger partial charge on any atom is -0.235 e. The van der Waals surface area contributed by atoms with Gasteiger partial charge < -0.3 is 0 Å². The highest BCUT2D eigenvalue weighted by molar-refractivity contribution is 7.29. The number of benzene rings is 7. The van der Waals surface area contributed by atoms with Gasteiger partial charge in [0.1, 0.15) is 179 Å². The topological polar surface area (TPSA) is 25.8 Å². The summed E-state index contributed by atoms with van der Waals surface area (Å²) >= 11 is 3.68. The van der Waals surface area contributed by atoms with Gasteiger partial charge in [-0.3, -0.25) is 0 Å². The predicted octanol–water partition coefficient (Wildman–Crippen LogP) is -12.3. The van der Waals surface area contributed by atoms with Gasteiger partial charge in [0.25, 0.3) is 0 Å². The Kier molecular flexibility index (Phi) is 12.3. The molecule has 0 bridgehead atoms. The summed E-state index contributed by atoms with van der Waals surface area (Å²) in [4.78, 5) is 9.50. The van der Waals surface area contributed by atoms with Gasteiger partial charge in [-0.25, -0.2) is 9.97 Å². The molecule has 0 aliphatic carbocycles. The van der Waals surface area contributed by atoms with Crippen LogP contribution in [-0.2, 0) is 0 Å². The summed E-state index contributed by atoms with van der Waals surface area (Å²) < 4.78 is 3.09. The molecule has 0 spiro atoms. The quantitative estimate of drug-likeness (QED) is 0.164. The third-order valence-electron chi connectivity index (χ3n) is 13.9. The highest BCUT2D eigenvalue weighted by Crippen LogP contribution is 2.43. The molecule has 0 aliphatic heterocycles. The molecule has 2 nitrogen and oxygen atoms in total. The molecule has 0 fully saturated rings. The van der Waals surface area contributed by atoms with E-state index in [2.05, 4.69) is 0 Å². The summed E-state index contributed by atoms with van der Waals surface area (Å²) in [5.41, 5.74) is 4.47. The summed E-state index contributed by atoms with van der Waals surface area (Å²) in [5.74, 6) is 0. The van der Waals surface area contributed by atoms with E-state index in [0.717, 1.165) is 0 Å². The lowest BCUT2D eigenvalue weighted by Gasteiger charge is -2.26. The molecule has 27 heteroatoms. The normalized spacial score (nSPS) is 11.9. The maximum Gasteiger partial charge on any atom is 0.116 e. The van der Waals surface area contributed by atoms with Gasteiger partial charge in [-0.2, -0.15) is 0 Å². The van der Waals surface area contributed by atoms with Crippen LogP contribution in [0.1, 0.15) is 0 Å². The van der Waals surface area contributed by atoms with E-state index in [9.17, 15) is 0 Å². The van der Waals surface area contributed by atoms with E-state index in [-0.39, 0.29) is 142 Å². The summed E-state index contributed by atoms with van der Waals surface area (Å²) in [6, 6.07) is 5.50. The standard InChI is InChI=1S/C46H4B22N2S3/c47-17-7(19(49)29(59)20(50)8(17)10-22(52)31(61)24(54)12-14-26(56)33(63)35(65)37(67)44(14)72-42(10)12)5-2-1-3-6-39-46(71-41(5)6)40(70-4-69-39)16-18(48)9(21(51)30(60)28(16)58)11-23(53)32(62)25(55)13-15-27(57)34(64)36(66)38(68)45(15)73-43(11)13/h1-4H. The van der Waals surface area contributed by atoms with Crippen molar-refractivity contribution in [1.29, 1.82) is 0 Å². The van der Waals surface area contributed by atoms with Crippen LogP contribution in [0.5, 0.6) is 0 Å². The highest BCUT2D eigenvalue weighted by atomic mass is 32.1. The van der Waals surface area contributed by atoms with Gasteiger partial charge in [-0.1, -0.05) is 94.7 Å². The lowest BCUT2D eigenvalue weighted by molar-refractivity contribution is 1.24. The molecule has 282 valence electrons. The molecule has 0 N–H and O–H groups in total. The number of hydrogen-bond donors (Lipinski definition) is 0. The molecule has 7 aromatic carbocycles. The monoisotopic (exact) mass is 922 g/mol.